The molecule has 1 amide bonds. The van der Waals surface area contributed by atoms with Gasteiger partial charge >= 0.3 is 0 Å². The first-order chi connectivity index (χ1) is 7.20. The van der Waals surface area contributed by atoms with Gasteiger partial charge < -0.3 is 9.69 Å². The van der Waals surface area contributed by atoms with Gasteiger partial charge in [-0.05, 0) is 32.6 Å². The number of rotatable bonds is 5. The number of carbonyl (C=O) groups is 2. The molecule has 0 aliphatic carbocycles. The molecule has 0 unspecified atom stereocenters. The standard InChI is InChI=1S/C12H21NO2/c1-11(14)7-4-6-10-13-9-5-2-3-8-12(13)15/h2-10H2,1H3. The highest BCUT2D eigenvalue weighted by Gasteiger charge is 2.15. The summed E-state index contributed by atoms with van der Waals surface area (Å²) in [6, 6.07) is 0. The SMILES string of the molecule is CC(=O)CCCCN1CCCCCC1=O. The first kappa shape index (κ1) is 12.2. The van der Waals surface area contributed by atoms with Crippen LogP contribution in [0.25, 0.3) is 0 Å². The number of unbranched alkanes of at least 4 members (excludes halogenated alkanes) is 1. The predicted octanol–water partition coefficient (Wildman–Crippen LogP) is 2.15. The van der Waals surface area contributed by atoms with Crippen molar-refractivity contribution in [3.63, 3.8) is 0 Å². The van der Waals surface area contributed by atoms with Crippen molar-refractivity contribution in [1.82, 2.24) is 4.90 Å². The molecule has 0 N–H and O–H groups in total. The molecule has 1 rings (SSSR count). The van der Waals surface area contributed by atoms with Crippen molar-refractivity contribution < 1.29 is 9.59 Å². The van der Waals surface area contributed by atoms with E-state index in [1.54, 1.807) is 6.92 Å². The van der Waals surface area contributed by atoms with E-state index in [9.17, 15) is 9.59 Å². The van der Waals surface area contributed by atoms with Crippen LogP contribution in [0.5, 0.6) is 0 Å². The van der Waals surface area contributed by atoms with Gasteiger partial charge in [-0.15, -0.1) is 0 Å². The minimum atomic E-state index is 0.247. The van der Waals surface area contributed by atoms with Crippen molar-refractivity contribution in [1.29, 1.82) is 0 Å². The van der Waals surface area contributed by atoms with Crippen molar-refractivity contribution in [2.45, 2.75) is 51.9 Å². The molecule has 15 heavy (non-hydrogen) atoms. The van der Waals surface area contributed by atoms with E-state index in [2.05, 4.69) is 0 Å². The van der Waals surface area contributed by atoms with E-state index >= 15 is 0 Å². The molecule has 0 aromatic carbocycles. The molecule has 0 radical (unpaired) electrons. The van der Waals surface area contributed by atoms with Gasteiger partial charge in [0.1, 0.15) is 5.78 Å². The summed E-state index contributed by atoms with van der Waals surface area (Å²) in [5, 5.41) is 0. The quantitative estimate of drug-likeness (QED) is 0.653. The Balaban J connectivity index is 2.18. The molecule has 0 aromatic heterocycles. The number of likely N-dealkylation sites (tertiary alicyclic amines) is 1. The van der Waals surface area contributed by atoms with Crippen molar-refractivity contribution in [3.8, 4) is 0 Å². The lowest BCUT2D eigenvalue weighted by molar-refractivity contribution is -0.130. The summed E-state index contributed by atoms with van der Waals surface area (Å²) in [6.07, 6.45) is 6.61. The minimum absolute atomic E-state index is 0.247. The third-order valence-electron chi connectivity index (χ3n) is 2.88. The zero-order valence-electron chi connectivity index (χ0n) is 9.63. The number of hydrogen-bond donors (Lipinski definition) is 0. The molecular formula is C12H21NO2. The maximum atomic E-state index is 11.6. The van der Waals surface area contributed by atoms with Crippen LogP contribution >= 0.6 is 0 Å². The summed E-state index contributed by atoms with van der Waals surface area (Å²) < 4.78 is 0. The Labute approximate surface area is 91.8 Å². The van der Waals surface area contributed by atoms with Gasteiger partial charge in [0, 0.05) is 25.9 Å². The summed E-state index contributed by atoms with van der Waals surface area (Å²) in [5.74, 6) is 0.549. The highest BCUT2D eigenvalue weighted by atomic mass is 16.2. The molecule has 0 bridgehead atoms. The number of nitrogens with zero attached hydrogens (tertiary/aromatic N) is 1. The van der Waals surface area contributed by atoms with Crippen LogP contribution in [0.2, 0.25) is 0 Å². The van der Waals surface area contributed by atoms with Crippen LogP contribution in [0.3, 0.4) is 0 Å². The van der Waals surface area contributed by atoms with Crippen LogP contribution < -0.4 is 0 Å². The lowest BCUT2D eigenvalue weighted by Crippen LogP contribution is -2.31. The fraction of sp³-hybridized carbons (Fsp3) is 0.833. The average Bonchev–Trinajstić information content (AvgIpc) is 2.38. The Morgan fingerprint density at radius 3 is 2.80 bits per heavy atom. The Morgan fingerprint density at radius 2 is 2.07 bits per heavy atom. The van der Waals surface area contributed by atoms with E-state index < -0.39 is 0 Å². The second-order valence-corrected chi connectivity index (χ2v) is 4.35. The van der Waals surface area contributed by atoms with E-state index in [4.69, 9.17) is 0 Å². The number of hydrogen-bond acceptors (Lipinski definition) is 2. The summed E-state index contributed by atoms with van der Waals surface area (Å²) in [7, 11) is 0. The first-order valence-electron chi connectivity index (χ1n) is 5.97. The molecule has 0 aromatic rings. The molecule has 0 spiro atoms. The van der Waals surface area contributed by atoms with Crippen molar-refractivity contribution in [2.75, 3.05) is 13.1 Å². The fourth-order valence-corrected chi connectivity index (χ4v) is 1.95. The van der Waals surface area contributed by atoms with E-state index in [0.717, 1.165) is 38.8 Å². The molecule has 0 saturated carbocycles. The lowest BCUT2D eigenvalue weighted by Gasteiger charge is -2.20. The van der Waals surface area contributed by atoms with E-state index in [0.29, 0.717) is 18.7 Å². The van der Waals surface area contributed by atoms with Gasteiger partial charge in [-0.2, -0.15) is 0 Å². The van der Waals surface area contributed by atoms with Crippen molar-refractivity contribution in [3.05, 3.63) is 0 Å². The minimum Gasteiger partial charge on any atom is -0.343 e. The van der Waals surface area contributed by atoms with Gasteiger partial charge in [-0.3, -0.25) is 4.79 Å². The Hall–Kier alpha value is -0.860. The van der Waals surface area contributed by atoms with Crippen LogP contribution in [0, 0.1) is 0 Å². The van der Waals surface area contributed by atoms with E-state index in [-0.39, 0.29) is 5.78 Å². The number of amides is 1. The number of ketones is 1. The van der Waals surface area contributed by atoms with Gasteiger partial charge in [0.25, 0.3) is 0 Å². The monoisotopic (exact) mass is 211 g/mol. The molecule has 1 aliphatic rings. The zero-order chi connectivity index (χ0) is 11.1. The van der Waals surface area contributed by atoms with Crippen LogP contribution in [0.4, 0.5) is 0 Å². The maximum absolute atomic E-state index is 11.6. The molecule has 1 heterocycles. The highest BCUT2D eigenvalue weighted by Crippen LogP contribution is 2.12. The summed E-state index contributed by atoms with van der Waals surface area (Å²) in [5.41, 5.74) is 0. The van der Waals surface area contributed by atoms with Gasteiger partial charge in [-0.1, -0.05) is 6.42 Å². The fourth-order valence-electron chi connectivity index (χ4n) is 1.95. The second-order valence-electron chi connectivity index (χ2n) is 4.35. The van der Waals surface area contributed by atoms with Gasteiger partial charge in [-0.25, -0.2) is 0 Å². The molecule has 0 atom stereocenters. The van der Waals surface area contributed by atoms with Crippen molar-refractivity contribution >= 4 is 11.7 Å². The molecule has 86 valence electrons. The van der Waals surface area contributed by atoms with Crippen LogP contribution in [-0.4, -0.2) is 29.7 Å². The molecule has 3 heteroatoms. The topological polar surface area (TPSA) is 37.4 Å². The normalized spacial score (nSPS) is 17.7. The lowest BCUT2D eigenvalue weighted by atomic mass is 10.2. The van der Waals surface area contributed by atoms with Crippen LogP contribution in [0.1, 0.15) is 51.9 Å². The van der Waals surface area contributed by atoms with Crippen molar-refractivity contribution in [2.24, 2.45) is 0 Å². The summed E-state index contributed by atoms with van der Waals surface area (Å²) in [6.45, 7) is 3.38. The summed E-state index contributed by atoms with van der Waals surface area (Å²) >= 11 is 0. The molecule has 3 nitrogen and oxygen atoms in total. The van der Waals surface area contributed by atoms with Crippen LogP contribution in [0.15, 0.2) is 0 Å². The first-order valence-corrected chi connectivity index (χ1v) is 5.97. The second kappa shape index (κ2) is 6.59. The molecule has 1 fully saturated rings. The van der Waals surface area contributed by atoms with E-state index in [1.807, 2.05) is 4.90 Å². The van der Waals surface area contributed by atoms with Gasteiger partial charge in [0.2, 0.25) is 5.91 Å². The van der Waals surface area contributed by atoms with Crippen LogP contribution in [-0.2, 0) is 9.59 Å². The molecule has 1 aliphatic heterocycles. The Kier molecular flexibility index (Phi) is 5.37. The van der Waals surface area contributed by atoms with E-state index in [1.165, 1.54) is 6.42 Å². The average molecular weight is 211 g/mol. The molecular weight excluding hydrogens is 190 g/mol. The van der Waals surface area contributed by atoms with Gasteiger partial charge in [0.05, 0.1) is 0 Å². The number of Topliss-reactive ketones (excluding diaryl/α,β-unsaturated/α-hetero) is 1. The molecule has 1 saturated heterocycles. The Morgan fingerprint density at radius 1 is 1.27 bits per heavy atom. The zero-order valence-corrected chi connectivity index (χ0v) is 9.63. The summed E-state index contributed by atoms with van der Waals surface area (Å²) in [4.78, 5) is 24.3. The smallest absolute Gasteiger partial charge is 0.222 e. The third kappa shape index (κ3) is 4.96. The highest BCUT2D eigenvalue weighted by molar-refractivity contribution is 5.76. The Bertz CT molecular complexity index is 226. The number of carbonyl (C=O) groups excluding carboxylic acids is 2. The third-order valence-corrected chi connectivity index (χ3v) is 2.88. The predicted molar refractivity (Wildman–Crippen MR) is 59.6 cm³/mol. The maximum Gasteiger partial charge on any atom is 0.222 e. The largest absolute Gasteiger partial charge is 0.343 e. The van der Waals surface area contributed by atoms with Gasteiger partial charge in [0.15, 0.2) is 0 Å².